The maximum atomic E-state index is 12.7. The minimum Gasteiger partial charge on any atom is -0.314 e. The van der Waals surface area contributed by atoms with Crippen LogP contribution < -0.4 is 10.6 Å². The number of hydrogen-bond donors (Lipinski definition) is 2. The Kier molecular flexibility index (Phi) is 4.68. The lowest BCUT2D eigenvalue weighted by Crippen LogP contribution is -2.24. The van der Waals surface area contributed by atoms with Crippen LogP contribution in [0.4, 0.5) is 15.0 Å². The van der Waals surface area contributed by atoms with Gasteiger partial charge in [0.1, 0.15) is 11.6 Å². The van der Waals surface area contributed by atoms with E-state index in [0.717, 1.165) is 5.56 Å². The van der Waals surface area contributed by atoms with E-state index in [9.17, 15) is 9.18 Å². The van der Waals surface area contributed by atoms with Crippen LogP contribution in [-0.2, 0) is 0 Å². The molecule has 0 aliphatic rings. The largest absolute Gasteiger partial charge is 0.324 e. The molecule has 2 amide bonds. The van der Waals surface area contributed by atoms with Crippen LogP contribution in [0.25, 0.3) is 6.08 Å². The molecular weight excluding hydrogens is 281 g/mol. The Labute approximate surface area is 120 Å². The first-order valence-corrected chi connectivity index (χ1v) is 6.12. The van der Waals surface area contributed by atoms with Gasteiger partial charge in [-0.3, -0.25) is 5.32 Å². The van der Waals surface area contributed by atoms with Gasteiger partial charge in [0.05, 0.1) is 5.02 Å². The summed E-state index contributed by atoms with van der Waals surface area (Å²) in [6, 6.07) is 8.68. The average molecular weight is 292 g/mol. The number of hydrogen-bond acceptors (Lipinski definition) is 2. The molecule has 0 radical (unpaired) electrons. The average Bonchev–Trinajstić information content (AvgIpc) is 2.44. The van der Waals surface area contributed by atoms with E-state index in [1.165, 1.54) is 24.5 Å². The SMILES string of the molecule is O=C(N/C=C/c1ccc(F)cc1)Nc1ccc(Cl)cn1. The molecule has 0 atom stereocenters. The van der Waals surface area contributed by atoms with Gasteiger partial charge in [0.25, 0.3) is 0 Å². The Morgan fingerprint density at radius 3 is 2.60 bits per heavy atom. The van der Waals surface area contributed by atoms with Crippen molar-refractivity contribution in [1.29, 1.82) is 0 Å². The molecule has 4 nitrogen and oxygen atoms in total. The molecule has 0 saturated carbocycles. The van der Waals surface area contributed by atoms with Crippen LogP contribution in [0.3, 0.4) is 0 Å². The van der Waals surface area contributed by atoms with Gasteiger partial charge in [-0.25, -0.2) is 14.2 Å². The van der Waals surface area contributed by atoms with Crippen LogP contribution in [-0.4, -0.2) is 11.0 Å². The number of rotatable bonds is 3. The van der Waals surface area contributed by atoms with Crippen molar-refractivity contribution in [3.8, 4) is 0 Å². The molecule has 0 fully saturated rings. The van der Waals surface area contributed by atoms with E-state index in [-0.39, 0.29) is 5.82 Å². The molecule has 20 heavy (non-hydrogen) atoms. The lowest BCUT2D eigenvalue weighted by Gasteiger charge is -2.03. The minimum atomic E-state index is -0.432. The molecule has 2 rings (SSSR count). The van der Waals surface area contributed by atoms with E-state index in [1.807, 2.05) is 0 Å². The van der Waals surface area contributed by atoms with Gasteiger partial charge in [0.2, 0.25) is 0 Å². The first kappa shape index (κ1) is 14.0. The van der Waals surface area contributed by atoms with Gasteiger partial charge in [-0.15, -0.1) is 0 Å². The third kappa shape index (κ3) is 4.37. The van der Waals surface area contributed by atoms with Crippen molar-refractivity contribution in [3.05, 3.63) is 65.2 Å². The van der Waals surface area contributed by atoms with Gasteiger partial charge < -0.3 is 5.32 Å². The van der Waals surface area contributed by atoms with E-state index < -0.39 is 6.03 Å². The number of aromatic nitrogens is 1. The lowest BCUT2D eigenvalue weighted by atomic mass is 10.2. The highest BCUT2D eigenvalue weighted by molar-refractivity contribution is 6.30. The molecule has 1 aromatic carbocycles. The fourth-order valence-corrected chi connectivity index (χ4v) is 1.50. The number of anilines is 1. The van der Waals surface area contributed by atoms with Crippen LogP contribution in [0.2, 0.25) is 5.02 Å². The quantitative estimate of drug-likeness (QED) is 0.906. The van der Waals surface area contributed by atoms with Crippen molar-refractivity contribution in [2.24, 2.45) is 0 Å². The normalized spacial score (nSPS) is 10.5. The molecule has 0 spiro atoms. The monoisotopic (exact) mass is 291 g/mol. The fourth-order valence-electron chi connectivity index (χ4n) is 1.39. The predicted octanol–water partition coefficient (Wildman–Crippen LogP) is 3.67. The number of pyridine rings is 1. The minimum absolute atomic E-state index is 0.304. The van der Waals surface area contributed by atoms with Crippen LogP contribution in [0.5, 0.6) is 0 Å². The summed E-state index contributed by atoms with van der Waals surface area (Å²) in [4.78, 5) is 15.5. The molecule has 0 bridgehead atoms. The van der Waals surface area contributed by atoms with Crippen molar-refractivity contribution in [2.45, 2.75) is 0 Å². The summed E-state index contributed by atoms with van der Waals surface area (Å²) >= 11 is 5.68. The molecular formula is C14H11ClFN3O. The highest BCUT2D eigenvalue weighted by Crippen LogP contribution is 2.09. The maximum absolute atomic E-state index is 12.7. The van der Waals surface area contributed by atoms with E-state index in [1.54, 1.807) is 30.3 Å². The summed E-state index contributed by atoms with van der Waals surface area (Å²) in [5.74, 6) is 0.0868. The highest BCUT2D eigenvalue weighted by atomic mass is 35.5. The second-order valence-electron chi connectivity index (χ2n) is 3.85. The second-order valence-corrected chi connectivity index (χ2v) is 4.28. The van der Waals surface area contributed by atoms with Gasteiger partial charge in [-0.05, 0) is 35.9 Å². The Bertz CT molecular complexity index is 611. The molecule has 0 unspecified atom stereocenters. The molecule has 2 N–H and O–H groups in total. The standard InChI is InChI=1S/C14H11ClFN3O/c15-11-3-6-13(18-9-11)19-14(20)17-8-7-10-1-4-12(16)5-2-10/h1-9H,(H2,17,18,19,20)/b8-7+. The summed E-state index contributed by atoms with van der Waals surface area (Å²) in [7, 11) is 0. The fraction of sp³-hybridized carbons (Fsp3) is 0. The van der Waals surface area contributed by atoms with Gasteiger partial charge in [0.15, 0.2) is 0 Å². The van der Waals surface area contributed by atoms with Gasteiger partial charge in [-0.2, -0.15) is 0 Å². The van der Waals surface area contributed by atoms with Crippen LogP contribution in [0, 0.1) is 5.82 Å². The van der Waals surface area contributed by atoms with Crippen molar-refractivity contribution >= 4 is 29.5 Å². The lowest BCUT2D eigenvalue weighted by molar-refractivity contribution is 0.255. The summed E-state index contributed by atoms with van der Waals surface area (Å²) in [5, 5.41) is 5.54. The number of carbonyl (C=O) groups excluding carboxylic acids is 1. The first-order valence-electron chi connectivity index (χ1n) is 5.75. The summed E-state index contributed by atoms with van der Waals surface area (Å²) in [6.45, 7) is 0. The molecule has 0 aliphatic heterocycles. The zero-order valence-corrected chi connectivity index (χ0v) is 11.1. The third-order valence-electron chi connectivity index (χ3n) is 2.33. The van der Waals surface area contributed by atoms with Crippen molar-refractivity contribution in [1.82, 2.24) is 10.3 Å². The van der Waals surface area contributed by atoms with E-state index >= 15 is 0 Å². The molecule has 102 valence electrons. The number of nitrogens with one attached hydrogen (secondary N) is 2. The van der Waals surface area contributed by atoms with Gasteiger partial charge in [0, 0.05) is 12.4 Å². The second kappa shape index (κ2) is 6.68. The predicted molar refractivity (Wildman–Crippen MR) is 76.8 cm³/mol. The molecule has 1 aromatic heterocycles. The molecule has 1 heterocycles. The smallest absolute Gasteiger partial charge is 0.314 e. The number of amides is 2. The van der Waals surface area contributed by atoms with Crippen LogP contribution in [0.15, 0.2) is 48.8 Å². The Morgan fingerprint density at radius 1 is 1.20 bits per heavy atom. The van der Waals surface area contributed by atoms with Crippen molar-refractivity contribution in [3.63, 3.8) is 0 Å². The number of halogens is 2. The number of benzene rings is 1. The summed E-state index contributed by atoms with van der Waals surface area (Å²) < 4.78 is 12.7. The van der Waals surface area contributed by atoms with Gasteiger partial charge >= 0.3 is 6.03 Å². The molecule has 2 aromatic rings. The maximum Gasteiger partial charge on any atom is 0.324 e. The van der Waals surface area contributed by atoms with E-state index in [0.29, 0.717) is 10.8 Å². The molecule has 0 saturated heterocycles. The zero-order valence-electron chi connectivity index (χ0n) is 10.3. The van der Waals surface area contributed by atoms with Crippen molar-refractivity contribution < 1.29 is 9.18 Å². The van der Waals surface area contributed by atoms with Crippen LogP contribution in [0.1, 0.15) is 5.56 Å². The number of carbonyl (C=O) groups is 1. The van der Waals surface area contributed by atoms with E-state index in [2.05, 4.69) is 15.6 Å². The topological polar surface area (TPSA) is 54.0 Å². The zero-order chi connectivity index (χ0) is 14.4. The summed E-state index contributed by atoms with van der Waals surface area (Å²) in [6.07, 6.45) is 4.54. The highest BCUT2D eigenvalue weighted by Gasteiger charge is 1.99. The Hall–Kier alpha value is -2.40. The van der Waals surface area contributed by atoms with Crippen molar-refractivity contribution in [2.75, 3.05) is 5.32 Å². The number of nitrogens with zero attached hydrogens (tertiary/aromatic N) is 1. The third-order valence-corrected chi connectivity index (χ3v) is 2.55. The van der Waals surface area contributed by atoms with Gasteiger partial charge in [-0.1, -0.05) is 23.7 Å². The molecule has 6 heteroatoms. The van der Waals surface area contributed by atoms with Crippen LogP contribution >= 0.6 is 11.6 Å². The molecule has 0 aliphatic carbocycles. The number of urea groups is 1. The Morgan fingerprint density at radius 2 is 1.95 bits per heavy atom. The van der Waals surface area contributed by atoms with E-state index in [4.69, 9.17) is 11.6 Å². The summed E-state index contributed by atoms with van der Waals surface area (Å²) in [5.41, 5.74) is 0.774. The first-order chi connectivity index (χ1) is 9.63. The Balaban J connectivity index is 1.85.